The molecule has 0 aromatic heterocycles. The van der Waals surface area contributed by atoms with Crippen LogP contribution in [0.3, 0.4) is 0 Å². The van der Waals surface area contributed by atoms with Crippen LogP contribution in [0.25, 0.3) is 0 Å². The van der Waals surface area contributed by atoms with Gasteiger partial charge in [0.2, 0.25) is 0 Å². The summed E-state index contributed by atoms with van der Waals surface area (Å²) in [6, 6.07) is 6.07. The fraction of sp³-hybridized carbons (Fsp3) is 0.600. The van der Waals surface area contributed by atoms with E-state index >= 15 is 0 Å². The second kappa shape index (κ2) is 7.09. The number of halogens is 3. The zero-order valence-corrected chi connectivity index (χ0v) is 13.6. The predicted octanol–water partition coefficient (Wildman–Crippen LogP) is 3.41. The molecule has 0 aliphatic carbocycles. The first-order valence-corrected chi connectivity index (χ1v) is 8.97. The van der Waals surface area contributed by atoms with Gasteiger partial charge in [0.1, 0.15) is 5.75 Å². The molecule has 0 saturated carbocycles. The maximum absolute atomic E-state index is 12.6. The molecule has 2 atom stereocenters. The second-order valence-electron chi connectivity index (χ2n) is 5.64. The molecule has 0 bridgehead atoms. The van der Waals surface area contributed by atoms with Crippen molar-refractivity contribution in [2.75, 3.05) is 13.1 Å². The van der Waals surface area contributed by atoms with Crippen molar-refractivity contribution in [2.24, 2.45) is 5.92 Å². The lowest BCUT2D eigenvalue weighted by molar-refractivity contribution is -0.0500. The monoisotopic (exact) mass is 351 g/mol. The molecule has 1 N–H and O–H groups in total. The van der Waals surface area contributed by atoms with Crippen molar-refractivity contribution in [1.29, 1.82) is 0 Å². The fourth-order valence-corrected chi connectivity index (χ4v) is 3.54. The van der Waals surface area contributed by atoms with Crippen LogP contribution >= 0.6 is 0 Å². The van der Waals surface area contributed by atoms with Gasteiger partial charge in [0.05, 0.1) is 0 Å². The molecule has 0 radical (unpaired) electrons. The maximum Gasteiger partial charge on any atom is 0.534 e. The van der Waals surface area contributed by atoms with E-state index in [9.17, 15) is 21.6 Å². The van der Waals surface area contributed by atoms with Gasteiger partial charge in [0.15, 0.2) is 0 Å². The number of hydrogen-bond donors (Lipinski definition) is 1. The highest BCUT2D eigenvalue weighted by Crippen LogP contribution is 2.38. The van der Waals surface area contributed by atoms with Gasteiger partial charge in [-0.1, -0.05) is 25.1 Å². The Balaban J connectivity index is 2.32. The molecule has 1 aliphatic heterocycles. The van der Waals surface area contributed by atoms with E-state index in [1.165, 1.54) is 12.1 Å². The van der Waals surface area contributed by atoms with Crippen LogP contribution in [0.1, 0.15) is 37.7 Å². The van der Waals surface area contributed by atoms with E-state index in [-0.39, 0.29) is 17.6 Å². The lowest BCUT2D eigenvalue weighted by Gasteiger charge is -2.31. The fourth-order valence-electron chi connectivity index (χ4n) is 3.06. The summed E-state index contributed by atoms with van der Waals surface area (Å²) in [4.78, 5) is 0. The summed E-state index contributed by atoms with van der Waals surface area (Å²) < 4.78 is 64.7. The number of benzene rings is 1. The van der Waals surface area contributed by atoms with E-state index in [4.69, 9.17) is 0 Å². The third kappa shape index (κ3) is 4.17. The van der Waals surface area contributed by atoms with Gasteiger partial charge < -0.3 is 9.50 Å². The van der Waals surface area contributed by atoms with Crippen molar-refractivity contribution >= 4 is 10.1 Å². The minimum absolute atomic E-state index is 0.0533. The van der Waals surface area contributed by atoms with Gasteiger partial charge in [-0.2, -0.15) is 21.6 Å². The van der Waals surface area contributed by atoms with Crippen LogP contribution in [0.5, 0.6) is 5.75 Å². The Bertz CT molecular complexity index is 625. The molecule has 0 spiro atoms. The first-order chi connectivity index (χ1) is 10.8. The molecule has 2 unspecified atom stereocenters. The summed E-state index contributed by atoms with van der Waals surface area (Å²) in [5.74, 6) is -0.0447. The Labute approximate surface area is 134 Å². The first-order valence-electron chi connectivity index (χ1n) is 7.56. The normalized spacial score (nSPS) is 21.0. The van der Waals surface area contributed by atoms with Gasteiger partial charge >= 0.3 is 15.6 Å². The Morgan fingerprint density at radius 2 is 2.04 bits per heavy atom. The second-order valence-corrected chi connectivity index (χ2v) is 7.18. The zero-order chi connectivity index (χ0) is 17.1. The Morgan fingerprint density at radius 3 is 2.61 bits per heavy atom. The number of hydrogen-bond acceptors (Lipinski definition) is 4. The van der Waals surface area contributed by atoms with Crippen LogP contribution < -0.4 is 9.50 Å². The third-order valence-electron chi connectivity index (χ3n) is 4.15. The van der Waals surface area contributed by atoms with Gasteiger partial charge in [-0.05, 0) is 55.8 Å². The van der Waals surface area contributed by atoms with Crippen LogP contribution in [-0.4, -0.2) is 27.0 Å². The van der Waals surface area contributed by atoms with Crippen LogP contribution in [0.4, 0.5) is 13.2 Å². The molecule has 1 aliphatic rings. The van der Waals surface area contributed by atoms with Crippen molar-refractivity contribution < 1.29 is 25.8 Å². The third-order valence-corrected chi connectivity index (χ3v) is 5.11. The lowest BCUT2D eigenvalue weighted by atomic mass is 9.80. The molecule has 1 heterocycles. The molecule has 1 aromatic rings. The van der Waals surface area contributed by atoms with Crippen molar-refractivity contribution in [3.8, 4) is 5.75 Å². The quantitative estimate of drug-likeness (QED) is 0.652. The summed E-state index contributed by atoms with van der Waals surface area (Å²) in [5, 5.41) is 3.27. The molecule has 4 nitrogen and oxygen atoms in total. The summed E-state index contributed by atoms with van der Waals surface area (Å²) in [5.41, 5.74) is -4.93. The number of alkyl halides is 3. The van der Waals surface area contributed by atoms with Crippen molar-refractivity contribution in [3.05, 3.63) is 29.8 Å². The van der Waals surface area contributed by atoms with E-state index < -0.39 is 15.6 Å². The highest BCUT2D eigenvalue weighted by atomic mass is 32.2. The minimum Gasteiger partial charge on any atom is -0.376 e. The molecule has 2 rings (SSSR count). The van der Waals surface area contributed by atoms with E-state index in [1.807, 2.05) is 6.92 Å². The molecule has 130 valence electrons. The maximum atomic E-state index is 12.6. The summed E-state index contributed by atoms with van der Waals surface area (Å²) in [6.07, 6.45) is 2.63. The van der Waals surface area contributed by atoms with Crippen LogP contribution in [0, 0.1) is 5.92 Å². The molecule has 1 aromatic carbocycles. The summed E-state index contributed by atoms with van der Waals surface area (Å²) in [6.45, 7) is 3.63. The van der Waals surface area contributed by atoms with Gasteiger partial charge in [-0.3, -0.25) is 0 Å². The van der Waals surface area contributed by atoms with Crippen molar-refractivity contribution in [2.45, 2.75) is 37.6 Å². The molecule has 23 heavy (non-hydrogen) atoms. The highest BCUT2D eigenvalue weighted by molar-refractivity contribution is 7.88. The number of rotatable bonds is 5. The zero-order valence-electron chi connectivity index (χ0n) is 12.8. The summed E-state index contributed by atoms with van der Waals surface area (Å²) in [7, 11) is -5.66. The molecular weight excluding hydrogens is 331 g/mol. The standard InChI is InChI=1S/C15H20F3NO3S/c1-2-12(11-6-5-9-19-10-11)13-7-3-4-8-14(13)22-23(20,21)15(16,17)18/h3-4,7-8,11-12,19H,2,5-6,9-10H2,1H3. The molecule has 8 heteroatoms. The first kappa shape index (κ1) is 18.1. The van der Waals surface area contributed by atoms with Gasteiger partial charge in [0.25, 0.3) is 0 Å². The molecule has 0 amide bonds. The SMILES string of the molecule is CCC(c1ccccc1OS(=O)(=O)C(F)(F)F)C1CCCNC1. The van der Waals surface area contributed by atoms with Crippen molar-refractivity contribution in [1.82, 2.24) is 5.32 Å². The largest absolute Gasteiger partial charge is 0.534 e. The highest BCUT2D eigenvalue weighted by Gasteiger charge is 2.49. The van der Waals surface area contributed by atoms with E-state index in [1.54, 1.807) is 12.1 Å². The Hall–Kier alpha value is -1.28. The lowest BCUT2D eigenvalue weighted by Crippen LogP contribution is -2.33. The Kier molecular flexibility index (Phi) is 5.57. The molecule has 1 saturated heterocycles. The average molecular weight is 351 g/mol. The van der Waals surface area contributed by atoms with Gasteiger partial charge in [-0.15, -0.1) is 0 Å². The Morgan fingerprint density at radius 1 is 1.35 bits per heavy atom. The predicted molar refractivity (Wildman–Crippen MR) is 80.7 cm³/mol. The van der Waals surface area contributed by atoms with E-state index in [0.717, 1.165) is 25.9 Å². The topological polar surface area (TPSA) is 55.4 Å². The van der Waals surface area contributed by atoms with Gasteiger partial charge in [-0.25, -0.2) is 0 Å². The average Bonchev–Trinajstić information content (AvgIpc) is 2.49. The van der Waals surface area contributed by atoms with Crippen LogP contribution in [0.15, 0.2) is 24.3 Å². The number of nitrogens with one attached hydrogen (secondary N) is 1. The van der Waals surface area contributed by atoms with E-state index in [2.05, 4.69) is 9.50 Å². The van der Waals surface area contributed by atoms with Crippen LogP contribution in [0.2, 0.25) is 0 Å². The van der Waals surface area contributed by atoms with Crippen LogP contribution in [-0.2, 0) is 10.1 Å². The molecule has 1 fully saturated rings. The minimum atomic E-state index is -5.66. The van der Waals surface area contributed by atoms with Gasteiger partial charge in [0, 0.05) is 0 Å². The number of para-hydroxylation sites is 1. The van der Waals surface area contributed by atoms with E-state index in [0.29, 0.717) is 12.0 Å². The summed E-state index contributed by atoms with van der Waals surface area (Å²) >= 11 is 0. The molecular formula is C15H20F3NO3S. The van der Waals surface area contributed by atoms with Crippen molar-refractivity contribution in [3.63, 3.8) is 0 Å². The smallest absolute Gasteiger partial charge is 0.376 e. The number of piperidine rings is 1.